The second-order valence-electron chi connectivity index (χ2n) is 15.5. The van der Waals surface area contributed by atoms with E-state index in [0.717, 1.165) is 0 Å². The highest BCUT2D eigenvalue weighted by Crippen LogP contribution is 2.35. The minimum Gasteiger partial charge on any atom is -0.479 e. The first-order valence-corrected chi connectivity index (χ1v) is 19.3. The molecule has 0 aliphatic carbocycles. The van der Waals surface area contributed by atoms with E-state index in [9.17, 15) is 101 Å². The normalized spacial score (nSPS) is 51.6. The van der Waals surface area contributed by atoms with Crippen LogP contribution in [-0.2, 0) is 66.5 Å². The van der Waals surface area contributed by atoms with E-state index >= 15 is 0 Å². The molecule has 0 bridgehead atoms. The van der Waals surface area contributed by atoms with Gasteiger partial charge in [-0.1, -0.05) is 0 Å². The molecule has 6 fully saturated rings. The summed E-state index contributed by atoms with van der Waals surface area (Å²) < 4.78 is 58.3. The topological polar surface area (TPSA) is 497 Å². The number of carboxylic acid groups (broad SMARTS) is 3. The number of aliphatic hydroxyl groups excluding tert-OH is 14. The molecule has 0 saturated carbocycles. The standard InChI is InChI=1S/C33H50O31/c34-4-1-55-29(14(43)18(4)58-31-11(40)8(37)9(38)22(62-31)25(47)48)61-21-13(42)24(27(51)52)64-33(17(21)46)59-19-5(35)2-56-30(15(19)44)60-20-12(41)23(26(49)50)63-32(16(20)45)57-6-3-54-28(53)10(39)7(6)36/h4-24,28-46,53H,1-3H2,(H,47,48)(H,49,50)(H,51,52)/t4-,5-,6-,7+,8+,9+,10-,11-,12+,13+,14-,15-,16-,17-,18+,19+,20+,21+,22+,23+,24+,28+,29-,30-,31-,32-,33-/m1/s1. The number of ether oxygens (including phenoxy) is 11. The zero-order valence-electron chi connectivity index (χ0n) is 32.5. The van der Waals surface area contributed by atoms with Crippen molar-refractivity contribution in [2.75, 3.05) is 19.8 Å². The molecule has 0 aromatic carbocycles. The minimum absolute atomic E-state index is 0.609. The summed E-state index contributed by atoms with van der Waals surface area (Å²) in [6.07, 6.45) is -56.6. The van der Waals surface area contributed by atoms with Crippen LogP contribution >= 0.6 is 0 Å². The molecule has 0 aromatic rings. The number of rotatable bonds is 13. The number of carboxylic acids is 3. The van der Waals surface area contributed by atoms with Gasteiger partial charge in [-0.05, 0) is 0 Å². The van der Waals surface area contributed by atoms with Gasteiger partial charge in [-0.25, -0.2) is 14.4 Å². The van der Waals surface area contributed by atoms with Gasteiger partial charge in [0.15, 0.2) is 56.1 Å². The fourth-order valence-corrected chi connectivity index (χ4v) is 7.60. The van der Waals surface area contributed by atoms with Crippen LogP contribution < -0.4 is 0 Å². The first kappa shape index (κ1) is 50.8. The molecule has 31 heteroatoms. The molecule has 6 heterocycles. The van der Waals surface area contributed by atoms with Gasteiger partial charge >= 0.3 is 17.9 Å². The fraction of sp³-hybridized carbons (Fsp3) is 0.909. The lowest BCUT2D eigenvalue weighted by molar-refractivity contribution is -0.382. The van der Waals surface area contributed by atoms with Crippen molar-refractivity contribution < 1.29 is 153 Å². The molecule has 0 aromatic heterocycles. The van der Waals surface area contributed by atoms with Crippen LogP contribution in [0, 0.1) is 0 Å². The fourth-order valence-electron chi connectivity index (χ4n) is 7.60. The van der Waals surface area contributed by atoms with Crippen LogP contribution in [-0.4, -0.2) is 290 Å². The van der Waals surface area contributed by atoms with E-state index in [1.807, 2.05) is 0 Å². The van der Waals surface area contributed by atoms with Crippen LogP contribution in [0.3, 0.4) is 0 Å². The molecular weight excluding hydrogens is 892 g/mol. The third-order valence-electron chi connectivity index (χ3n) is 11.2. The van der Waals surface area contributed by atoms with Crippen LogP contribution in [0.15, 0.2) is 0 Å². The summed E-state index contributed by atoms with van der Waals surface area (Å²) in [4.78, 5) is 35.7. The second-order valence-corrected chi connectivity index (χ2v) is 15.5. The van der Waals surface area contributed by atoms with Crippen LogP contribution in [0.1, 0.15) is 0 Å². The molecule has 27 atom stereocenters. The molecule has 0 radical (unpaired) electrons. The molecule has 368 valence electrons. The lowest BCUT2D eigenvalue weighted by Gasteiger charge is -2.48. The van der Waals surface area contributed by atoms with Crippen LogP contribution in [0.5, 0.6) is 0 Å². The van der Waals surface area contributed by atoms with Crippen molar-refractivity contribution in [3.8, 4) is 0 Å². The summed E-state index contributed by atoms with van der Waals surface area (Å²) in [7, 11) is 0. The zero-order valence-corrected chi connectivity index (χ0v) is 32.5. The third-order valence-corrected chi connectivity index (χ3v) is 11.2. The van der Waals surface area contributed by atoms with E-state index in [1.54, 1.807) is 0 Å². The average Bonchev–Trinajstić information content (AvgIpc) is 3.23. The van der Waals surface area contributed by atoms with Gasteiger partial charge < -0.3 is 139 Å². The van der Waals surface area contributed by atoms with Gasteiger partial charge in [0, 0.05) is 0 Å². The van der Waals surface area contributed by atoms with Crippen LogP contribution in [0.25, 0.3) is 0 Å². The molecule has 6 aliphatic rings. The van der Waals surface area contributed by atoms with Gasteiger partial charge in [-0.3, -0.25) is 0 Å². The summed E-state index contributed by atoms with van der Waals surface area (Å²) in [6, 6.07) is 0. The third kappa shape index (κ3) is 10.3. The Labute approximate surface area is 357 Å². The summed E-state index contributed by atoms with van der Waals surface area (Å²) in [5.41, 5.74) is 0. The van der Waals surface area contributed by atoms with Crippen molar-refractivity contribution in [3.05, 3.63) is 0 Å². The van der Waals surface area contributed by atoms with E-state index in [-0.39, 0.29) is 0 Å². The number of hydrogen-bond acceptors (Lipinski definition) is 28. The Kier molecular flexibility index (Phi) is 16.5. The van der Waals surface area contributed by atoms with Crippen molar-refractivity contribution in [2.45, 2.75) is 166 Å². The Morgan fingerprint density at radius 1 is 0.344 bits per heavy atom. The van der Waals surface area contributed by atoms with Crippen molar-refractivity contribution >= 4 is 17.9 Å². The monoisotopic (exact) mass is 942 g/mol. The molecule has 0 unspecified atom stereocenters. The Morgan fingerprint density at radius 3 is 1.12 bits per heavy atom. The Balaban J connectivity index is 1.15. The highest BCUT2D eigenvalue weighted by atomic mass is 16.8. The maximum atomic E-state index is 12.2. The van der Waals surface area contributed by atoms with Crippen molar-refractivity contribution in [1.29, 1.82) is 0 Å². The quantitative estimate of drug-likeness (QED) is 0.0815. The van der Waals surface area contributed by atoms with E-state index in [0.29, 0.717) is 0 Å². The number of carbonyl (C=O) groups is 3. The summed E-state index contributed by atoms with van der Waals surface area (Å²) in [5.74, 6) is -5.52. The maximum Gasteiger partial charge on any atom is 0.335 e. The largest absolute Gasteiger partial charge is 0.479 e. The van der Waals surface area contributed by atoms with Gasteiger partial charge in [0.1, 0.15) is 110 Å². The predicted octanol–water partition coefficient (Wildman–Crippen LogP) is -11.9. The predicted molar refractivity (Wildman–Crippen MR) is 183 cm³/mol. The zero-order chi connectivity index (χ0) is 47.2. The molecular formula is C33H50O31. The second kappa shape index (κ2) is 20.7. The Hall–Kier alpha value is -2.59. The molecule has 64 heavy (non-hydrogen) atoms. The van der Waals surface area contributed by atoms with Crippen LogP contribution in [0.2, 0.25) is 0 Å². The van der Waals surface area contributed by atoms with Gasteiger partial charge in [0.2, 0.25) is 0 Å². The number of hydrogen-bond donors (Lipinski definition) is 17. The first-order chi connectivity index (χ1) is 30.0. The van der Waals surface area contributed by atoms with Crippen molar-refractivity contribution in [2.24, 2.45) is 0 Å². The molecule has 6 aliphatic heterocycles. The number of aliphatic carboxylic acids is 3. The minimum atomic E-state index is -2.35. The smallest absolute Gasteiger partial charge is 0.335 e. The Bertz CT molecular complexity index is 1590. The molecule has 6 saturated heterocycles. The Morgan fingerprint density at radius 2 is 0.703 bits per heavy atom. The average molecular weight is 943 g/mol. The lowest BCUT2D eigenvalue weighted by atomic mass is 9.96. The van der Waals surface area contributed by atoms with Gasteiger partial charge in [0.05, 0.1) is 19.8 Å². The van der Waals surface area contributed by atoms with E-state index in [2.05, 4.69) is 0 Å². The van der Waals surface area contributed by atoms with Crippen molar-refractivity contribution in [3.63, 3.8) is 0 Å². The number of aliphatic hydroxyl groups is 14. The highest BCUT2D eigenvalue weighted by Gasteiger charge is 2.57. The lowest BCUT2D eigenvalue weighted by Crippen LogP contribution is -2.67. The van der Waals surface area contributed by atoms with Gasteiger partial charge in [-0.2, -0.15) is 0 Å². The molecule has 17 N–H and O–H groups in total. The molecule has 0 amide bonds. The van der Waals surface area contributed by atoms with E-state index < -0.39 is 204 Å². The maximum absolute atomic E-state index is 12.2. The van der Waals surface area contributed by atoms with E-state index in [4.69, 9.17) is 52.1 Å². The van der Waals surface area contributed by atoms with E-state index in [1.165, 1.54) is 0 Å². The van der Waals surface area contributed by atoms with Gasteiger partial charge in [-0.15, -0.1) is 0 Å². The van der Waals surface area contributed by atoms with Crippen molar-refractivity contribution in [1.82, 2.24) is 0 Å². The van der Waals surface area contributed by atoms with Crippen LogP contribution in [0.4, 0.5) is 0 Å². The molecule has 31 nitrogen and oxygen atoms in total. The molecule has 6 rings (SSSR count). The summed E-state index contributed by atoms with van der Waals surface area (Å²) in [6.45, 7) is -2.22. The summed E-state index contributed by atoms with van der Waals surface area (Å²) in [5, 5.41) is 177. The summed E-state index contributed by atoms with van der Waals surface area (Å²) >= 11 is 0. The first-order valence-electron chi connectivity index (χ1n) is 19.3. The highest BCUT2D eigenvalue weighted by molar-refractivity contribution is 5.74. The molecule has 0 spiro atoms. The SMILES string of the molecule is O=C(O)[C@H]1O[C@@H](O[C@@H]2[C@@H](O)[C@@H](O[C@@H]3[C@@H](O)[C@H](O[C@@H]4[C@@H](O)[C@@H](O[C@@H]5[C@@H](O)[C@H](O[C@@H]6CO[C@H](O)[C@H](O)[C@H]6O)O[C@H](C(=O)O)[C@H]5O)OC[C@H]4O)O[C@H](C(=O)O)[C@H]3O)OC[C@H]2O)[C@H](O)[C@@H](O)[C@@H]1O. The van der Waals surface area contributed by atoms with Gasteiger partial charge in [0.25, 0.3) is 0 Å².